The van der Waals surface area contributed by atoms with Gasteiger partial charge < -0.3 is 10.4 Å². The fourth-order valence-electron chi connectivity index (χ4n) is 8.83. The van der Waals surface area contributed by atoms with Crippen molar-refractivity contribution in [3.05, 3.63) is 30.1 Å². The molecular formula is C27H40N2O2. The van der Waals surface area contributed by atoms with Crippen LogP contribution in [0.3, 0.4) is 0 Å². The van der Waals surface area contributed by atoms with Gasteiger partial charge in [0.15, 0.2) is 0 Å². The molecule has 4 heteroatoms. The molecule has 1 heterocycles. The molecule has 1 amide bonds. The lowest BCUT2D eigenvalue weighted by Gasteiger charge is -2.57. The van der Waals surface area contributed by atoms with Gasteiger partial charge in [0.05, 0.1) is 11.2 Å². The Morgan fingerprint density at radius 2 is 1.90 bits per heavy atom. The molecule has 1 unspecified atom stereocenters. The summed E-state index contributed by atoms with van der Waals surface area (Å²) in [5.74, 6) is 4.67. The minimum atomic E-state index is -0.433. The molecule has 4 nitrogen and oxygen atoms in total. The normalized spacial score (nSPS) is 45.2. The minimum absolute atomic E-state index is 0.0103. The van der Waals surface area contributed by atoms with E-state index in [1.807, 2.05) is 12.1 Å². The van der Waals surface area contributed by atoms with E-state index in [2.05, 4.69) is 31.1 Å². The van der Waals surface area contributed by atoms with Gasteiger partial charge in [-0.05, 0) is 125 Å². The van der Waals surface area contributed by atoms with Crippen molar-refractivity contribution >= 4 is 5.91 Å². The molecule has 4 fully saturated rings. The maximum atomic E-state index is 12.7. The average molecular weight is 425 g/mol. The zero-order valence-corrected chi connectivity index (χ0v) is 19.5. The molecule has 0 bridgehead atoms. The number of pyridine rings is 1. The monoisotopic (exact) mass is 424 g/mol. The van der Waals surface area contributed by atoms with Crippen molar-refractivity contribution in [3.63, 3.8) is 0 Å². The van der Waals surface area contributed by atoms with E-state index in [0.717, 1.165) is 42.4 Å². The quantitative estimate of drug-likeness (QED) is 0.699. The van der Waals surface area contributed by atoms with Crippen molar-refractivity contribution in [2.75, 3.05) is 0 Å². The number of fused-ring (bicyclic) bond motifs is 5. The molecule has 31 heavy (non-hydrogen) atoms. The highest BCUT2D eigenvalue weighted by atomic mass is 16.3. The van der Waals surface area contributed by atoms with Crippen LogP contribution in [-0.2, 0) is 0 Å². The number of carbonyl (C=O) groups excluding carboxylic acids is 1. The largest absolute Gasteiger partial charge is 0.390 e. The van der Waals surface area contributed by atoms with Crippen molar-refractivity contribution < 1.29 is 9.90 Å². The number of hydrogen-bond donors (Lipinski definition) is 2. The Morgan fingerprint density at radius 3 is 2.68 bits per heavy atom. The van der Waals surface area contributed by atoms with Crippen LogP contribution < -0.4 is 5.32 Å². The average Bonchev–Trinajstić information content (AvgIpc) is 3.10. The van der Waals surface area contributed by atoms with Gasteiger partial charge in [-0.25, -0.2) is 0 Å². The predicted octanol–water partition coefficient (Wildman–Crippen LogP) is 5.22. The summed E-state index contributed by atoms with van der Waals surface area (Å²) in [5.41, 5.74) is 0.567. The first-order valence-corrected chi connectivity index (χ1v) is 12.7. The molecule has 0 aliphatic heterocycles. The van der Waals surface area contributed by atoms with Crippen LogP contribution in [0.15, 0.2) is 24.5 Å². The van der Waals surface area contributed by atoms with Gasteiger partial charge in [0.2, 0.25) is 0 Å². The first-order valence-electron chi connectivity index (χ1n) is 12.7. The van der Waals surface area contributed by atoms with Gasteiger partial charge in [-0.1, -0.05) is 6.92 Å². The molecule has 0 aromatic carbocycles. The first-order chi connectivity index (χ1) is 14.8. The lowest BCUT2D eigenvalue weighted by molar-refractivity contribution is -0.101. The van der Waals surface area contributed by atoms with Crippen molar-refractivity contribution in [1.82, 2.24) is 10.3 Å². The van der Waals surface area contributed by atoms with Crippen molar-refractivity contribution in [2.24, 2.45) is 40.9 Å². The summed E-state index contributed by atoms with van der Waals surface area (Å²) in [7, 11) is 0. The molecule has 1 aromatic rings. The molecule has 4 saturated carbocycles. The second-order valence-electron chi connectivity index (χ2n) is 11.9. The molecule has 2 N–H and O–H groups in total. The lowest BCUT2D eigenvalue weighted by atomic mass is 9.49. The highest BCUT2D eigenvalue weighted by molar-refractivity contribution is 5.94. The van der Waals surface area contributed by atoms with E-state index in [1.54, 1.807) is 12.4 Å². The van der Waals surface area contributed by atoms with Crippen LogP contribution in [0.4, 0.5) is 0 Å². The summed E-state index contributed by atoms with van der Waals surface area (Å²) in [6.07, 6.45) is 14.5. The molecule has 9 atom stereocenters. The number of nitrogens with zero attached hydrogens (tertiary/aromatic N) is 1. The number of aliphatic hydroxyl groups is 1. The Morgan fingerprint density at radius 1 is 1.10 bits per heavy atom. The van der Waals surface area contributed by atoms with Gasteiger partial charge in [0.1, 0.15) is 0 Å². The van der Waals surface area contributed by atoms with Gasteiger partial charge >= 0.3 is 0 Å². The summed E-state index contributed by atoms with van der Waals surface area (Å²) in [6.45, 7) is 6.81. The maximum Gasteiger partial charge on any atom is 0.253 e. The predicted molar refractivity (Wildman–Crippen MR) is 122 cm³/mol. The highest BCUT2D eigenvalue weighted by Gasteiger charge is 2.58. The molecule has 5 rings (SSSR count). The highest BCUT2D eigenvalue weighted by Crippen LogP contribution is 2.65. The Bertz CT molecular complexity index is 809. The number of amides is 1. The zero-order valence-electron chi connectivity index (χ0n) is 19.5. The molecule has 170 valence electrons. The summed E-state index contributed by atoms with van der Waals surface area (Å²) in [5, 5.41) is 13.9. The van der Waals surface area contributed by atoms with Crippen LogP contribution >= 0.6 is 0 Å². The van der Waals surface area contributed by atoms with Gasteiger partial charge in [-0.15, -0.1) is 0 Å². The minimum Gasteiger partial charge on any atom is -0.390 e. The Hall–Kier alpha value is -1.42. The molecule has 0 spiro atoms. The molecule has 0 radical (unpaired) electrons. The van der Waals surface area contributed by atoms with E-state index in [1.165, 1.54) is 44.9 Å². The van der Waals surface area contributed by atoms with Gasteiger partial charge in [-0.2, -0.15) is 0 Å². The number of nitrogens with one attached hydrogen (secondary N) is 1. The van der Waals surface area contributed by atoms with E-state index in [4.69, 9.17) is 0 Å². The Kier molecular flexibility index (Phi) is 5.44. The van der Waals surface area contributed by atoms with Crippen LogP contribution in [0.25, 0.3) is 0 Å². The number of rotatable bonds is 3. The van der Waals surface area contributed by atoms with Crippen LogP contribution in [0.2, 0.25) is 0 Å². The molecule has 1 aromatic heterocycles. The van der Waals surface area contributed by atoms with Crippen LogP contribution in [0.1, 0.15) is 88.9 Å². The topological polar surface area (TPSA) is 62.2 Å². The van der Waals surface area contributed by atoms with Crippen LogP contribution in [0.5, 0.6) is 0 Å². The Balaban J connectivity index is 1.28. The maximum absolute atomic E-state index is 12.7. The second-order valence-corrected chi connectivity index (χ2v) is 11.9. The van der Waals surface area contributed by atoms with E-state index in [0.29, 0.717) is 16.9 Å². The molecule has 0 saturated heterocycles. The van der Waals surface area contributed by atoms with Crippen molar-refractivity contribution in [3.8, 4) is 0 Å². The van der Waals surface area contributed by atoms with Crippen LogP contribution in [-0.4, -0.2) is 27.6 Å². The van der Waals surface area contributed by atoms with Crippen LogP contribution in [0, 0.1) is 40.9 Å². The fourth-order valence-corrected chi connectivity index (χ4v) is 8.83. The summed E-state index contributed by atoms with van der Waals surface area (Å²) >= 11 is 0. The standard InChI is InChI=1S/C27H40N2O2/c1-17(29-25(30)19-5-4-14-28-16-19)23-8-9-24-22-7-6-18-15-26(2,31)12-10-20(18)21(22)11-13-27(23,24)3/h4-5,14,16-18,20-24,31H,6-13,15H2,1-3H3,(H,29,30)/t17-,18?,20-,21+,22+,23+,24-,26+,27+/m0/s1. The van der Waals surface area contributed by atoms with Crippen molar-refractivity contribution in [2.45, 2.75) is 90.2 Å². The molecule has 4 aliphatic carbocycles. The number of aromatic nitrogens is 1. The third-order valence-electron chi connectivity index (χ3n) is 10.2. The van der Waals surface area contributed by atoms with E-state index in [9.17, 15) is 9.90 Å². The second kappa shape index (κ2) is 7.86. The first kappa shape index (κ1) is 21.4. The fraction of sp³-hybridized carbons (Fsp3) is 0.778. The summed E-state index contributed by atoms with van der Waals surface area (Å²) in [4.78, 5) is 16.8. The van der Waals surface area contributed by atoms with Gasteiger partial charge in [-0.3, -0.25) is 9.78 Å². The number of hydrogen-bond acceptors (Lipinski definition) is 3. The molecule has 4 aliphatic rings. The third kappa shape index (κ3) is 3.73. The third-order valence-corrected chi connectivity index (χ3v) is 10.2. The zero-order chi connectivity index (χ0) is 21.8. The summed E-state index contributed by atoms with van der Waals surface area (Å²) < 4.78 is 0. The summed E-state index contributed by atoms with van der Waals surface area (Å²) in [6, 6.07) is 3.87. The lowest BCUT2D eigenvalue weighted by Crippen LogP contribution is -2.52. The van der Waals surface area contributed by atoms with E-state index in [-0.39, 0.29) is 11.9 Å². The van der Waals surface area contributed by atoms with Gasteiger partial charge in [0, 0.05) is 18.4 Å². The van der Waals surface area contributed by atoms with E-state index >= 15 is 0 Å². The number of carbonyl (C=O) groups is 1. The molecular weight excluding hydrogens is 384 g/mol. The SMILES string of the molecule is C[C@H](NC(=O)c1cccnc1)[C@H]1CC[C@H]2[C@@H]3CCC4C[C@](C)(O)CC[C@@H]4[C@H]3CC[C@]12C. The van der Waals surface area contributed by atoms with E-state index < -0.39 is 5.60 Å². The smallest absolute Gasteiger partial charge is 0.253 e. The van der Waals surface area contributed by atoms with Gasteiger partial charge in [0.25, 0.3) is 5.91 Å². The Labute approximate surface area is 187 Å². The van der Waals surface area contributed by atoms with Crippen molar-refractivity contribution in [1.29, 1.82) is 0 Å².